The number of aliphatic hydroxyl groups excluding tert-OH is 1. The quantitative estimate of drug-likeness (QED) is 0.726. The van der Waals surface area contributed by atoms with Crippen LogP contribution in [0, 0.1) is 5.82 Å². The lowest BCUT2D eigenvalue weighted by molar-refractivity contribution is -0.379. The fraction of sp³-hybridized carbons (Fsp3) is 0.478. The summed E-state index contributed by atoms with van der Waals surface area (Å²) in [5, 5.41) is 7.00. The highest BCUT2D eigenvalue weighted by Crippen LogP contribution is 2.35. The Bertz CT molecular complexity index is 901. The summed E-state index contributed by atoms with van der Waals surface area (Å²) in [7, 11) is 1.00. The number of thioether (sulfide) groups is 1. The molecule has 1 aromatic heterocycles. The average Bonchev–Trinajstić information content (AvgIpc) is 3.46. The number of hydrogen-bond donors (Lipinski definition) is 2. The van der Waals surface area contributed by atoms with Crippen molar-refractivity contribution in [1.82, 2.24) is 4.90 Å². The number of H-pyrrole nitrogens is 1. The summed E-state index contributed by atoms with van der Waals surface area (Å²) in [6, 6.07) is 8.16. The number of aromatic amines is 1. The number of carbonyl (C=O) groups excluding carboxylic acids is 1. The van der Waals surface area contributed by atoms with Gasteiger partial charge in [0.15, 0.2) is 6.10 Å². The van der Waals surface area contributed by atoms with Gasteiger partial charge in [0, 0.05) is 39.3 Å². The first-order valence-electron chi connectivity index (χ1n) is 10.8. The van der Waals surface area contributed by atoms with Gasteiger partial charge in [-0.3, -0.25) is 9.69 Å². The Balaban J connectivity index is 0.000000244. The van der Waals surface area contributed by atoms with Gasteiger partial charge in [0.05, 0.1) is 16.6 Å². The van der Waals surface area contributed by atoms with Gasteiger partial charge in [-0.15, -0.1) is 11.8 Å². The van der Waals surface area contributed by atoms with Crippen LogP contribution in [0.3, 0.4) is 0 Å². The number of halogens is 1. The second kappa shape index (κ2) is 11.4. The van der Waals surface area contributed by atoms with Crippen LogP contribution in [0.2, 0.25) is 0 Å². The molecule has 32 heavy (non-hydrogen) atoms. The number of nitrogens with one attached hydrogen (secondary N) is 1. The lowest BCUT2D eigenvalue weighted by atomic mass is 10.1. The molecule has 0 atom stereocenters. The van der Waals surface area contributed by atoms with E-state index in [0.29, 0.717) is 5.75 Å². The van der Waals surface area contributed by atoms with Gasteiger partial charge < -0.3 is 20.5 Å². The number of pyridine rings is 1. The molecule has 0 aliphatic carbocycles. The Kier molecular flexibility index (Phi) is 8.58. The van der Waals surface area contributed by atoms with Crippen LogP contribution in [0.1, 0.15) is 25.5 Å². The summed E-state index contributed by atoms with van der Waals surface area (Å²) in [5.74, 6) is 2.83. The van der Waals surface area contributed by atoms with Crippen LogP contribution in [-0.4, -0.2) is 61.1 Å². The number of carbonyl (C=O) groups is 1. The molecule has 2 saturated heterocycles. The zero-order chi connectivity index (χ0) is 23.1. The molecule has 4 N–H and O–H groups in total. The van der Waals surface area contributed by atoms with Crippen molar-refractivity contribution in [1.29, 1.82) is 0 Å². The van der Waals surface area contributed by atoms with Crippen LogP contribution in [0.5, 0.6) is 5.75 Å². The molecule has 1 amide bonds. The smallest absolute Gasteiger partial charge is 0.276 e. The molecule has 4 heterocycles. The van der Waals surface area contributed by atoms with Crippen LogP contribution in [0.15, 0.2) is 35.2 Å². The number of aromatic nitrogens is 1. The number of aryl methyl sites for hydroxylation is 1. The highest BCUT2D eigenvalue weighted by atomic mass is 32.2. The number of nitrogens with two attached hydrogens (primary N) is 1. The van der Waals surface area contributed by atoms with Gasteiger partial charge in [-0.1, -0.05) is 0 Å². The summed E-state index contributed by atoms with van der Waals surface area (Å²) in [4.78, 5) is 19.4. The largest absolute Gasteiger partial charge is 0.482 e. The molecule has 2 aromatic rings. The van der Waals surface area contributed by atoms with Crippen LogP contribution < -0.4 is 20.4 Å². The van der Waals surface area contributed by atoms with Crippen LogP contribution in [0.4, 0.5) is 15.9 Å². The topological polar surface area (TPSA) is 93.2 Å². The average molecular weight is 464 g/mol. The third-order valence-corrected chi connectivity index (χ3v) is 6.74. The normalized spacial score (nSPS) is 16.9. The maximum atomic E-state index is 12.9. The monoisotopic (exact) mass is 463 g/mol. The SMILES string of the molecule is CC(=O)N1CCCC1.CO.Nc1cc(N2CC(Oc3ccc(F)cc3)C2)[nH+]c2c1SCC2. The van der Waals surface area contributed by atoms with Crippen LogP contribution in [-0.2, 0) is 11.2 Å². The number of aliphatic hydroxyl groups is 1. The maximum absolute atomic E-state index is 12.9. The van der Waals surface area contributed by atoms with Gasteiger partial charge in [-0.2, -0.15) is 0 Å². The van der Waals surface area contributed by atoms with E-state index in [0.717, 1.165) is 57.0 Å². The van der Waals surface area contributed by atoms with Crippen molar-refractivity contribution in [3.8, 4) is 5.75 Å². The predicted molar refractivity (Wildman–Crippen MR) is 124 cm³/mol. The number of rotatable bonds is 3. The molecule has 5 rings (SSSR count). The van der Waals surface area contributed by atoms with E-state index in [1.54, 1.807) is 19.1 Å². The minimum atomic E-state index is -0.247. The lowest BCUT2D eigenvalue weighted by Crippen LogP contribution is -2.55. The summed E-state index contributed by atoms with van der Waals surface area (Å²) < 4.78 is 18.7. The minimum absolute atomic E-state index is 0.128. The van der Waals surface area contributed by atoms with Gasteiger partial charge in [-0.25, -0.2) is 9.37 Å². The third-order valence-electron chi connectivity index (χ3n) is 5.56. The Morgan fingerprint density at radius 1 is 1.22 bits per heavy atom. The lowest BCUT2D eigenvalue weighted by Gasteiger charge is -2.33. The second-order valence-electron chi connectivity index (χ2n) is 7.83. The number of ether oxygens (including phenoxy) is 1. The summed E-state index contributed by atoms with van der Waals surface area (Å²) >= 11 is 1.81. The number of nitrogen functional groups attached to an aromatic ring is 1. The molecule has 1 aromatic carbocycles. The fourth-order valence-corrected chi connectivity index (χ4v) is 4.92. The summed E-state index contributed by atoms with van der Waals surface area (Å²) in [6.07, 6.45) is 3.56. The molecule has 0 saturated carbocycles. The molecule has 9 heteroatoms. The van der Waals surface area contributed by atoms with Gasteiger partial charge >= 0.3 is 0 Å². The molecule has 2 fully saturated rings. The van der Waals surface area contributed by atoms with Gasteiger partial charge in [-0.05, 0) is 37.1 Å². The first kappa shape index (κ1) is 24.1. The van der Waals surface area contributed by atoms with Crippen molar-refractivity contribution < 1.29 is 24.0 Å². The molecular weight excluding hydrogens is 431 g/mol. The van der Waals surface area contributed by atoms with E-state index >= 15 is 0 Å². The molecule has 0 bridgehead atoms. The molecule has 3 aliphatic rings. The summed E-state index contributed by atoms with van der Waals surface area (Å²) in [5.41, 5.74) is 8.22. The first-order valence-corrected chi connectivity index (χ1v) is 11.8. The number of benzene rings is 1. The van der Waals surface area contributed by atoms with E-state index in [2.05, 4.69) is 9.88 Å². The van der Waals surface area contributed by atoms with Crippen molar-refractivity contribution in [2.45, 2.75) is 37.2 Å². The van der Waals surface area contributed by atoms with E-state index < -0.39 is 0 Å². The second-order valence-corrected chi connectivity index (χ2v) is 8.93. The van der Waals surface area contributed by atoms with E-state index in [9.17, 15) is 9.18 Å². The van der Waals surface area contributed by atoms with E-state index in [1.165, 1.54) is 35.6 Å². The Morgan fingerprint density at radius 2 is 1.88 bits per heavy atom. The van der Waals surface area contributed by atoms with Crippen molar-refractivity contribution in [2.75, 3.05) is 49.7 Å². The van der Waals surface area contributed by atoms with E-state index in [-0.39, 0.29) is 17.8 Å². The van der Waals surface area contributed by atoms with Gasteiger partial charge in [0.25, 0.3) is 5.82 Å². The number of hydrogen-bond acceptors (Lipinski definition) is 6. The molecule has 0 spiro atoms. The van der Waals surface area contributed by atoms with Crippen LogP contribution >= 0.6 is 11.8 Å². The van der Waals surface area contributed by atoms with Crippen molar-refractivity contribution in [3.63, 3.8) is 0 Å². The van der Waals surface area contributed by atoms with Crippen molar-refractivity contribution in [3.05, 3.63) is 41.8 Å². The third kappa shape index (κ3) is 6.04. The molecule has 0 radical (unpaired) electrons. The van der Waals surface area contributed by atoms with Gasteiger partial charge in [0.1, 0.15) is 30.4 Å². The van der Waals surface area contributed by atoms with Crippen molar-refractivity contribution >= 4 is 29.2 Å². The minimum Gasteiger partial charge on any atom is -0.482 e. The number of likely N-dealkylation sites (tertiary alicyclic amines) is 1. The number of nitrogens with zero attached hydrogens (tertiary/aromatic N) is 2. The van der Waals surface area contributed by atoms with Crippen LogP contribution in [0.25, 0.3) is 0 Å². The Hall–Kier alpha value is -2.52. The Labute approximate surface area is 192 Å². The zero-order valence-electron chi connectivity index (χ0n) is 18.6. The fourth-order valence-electron chi connectivity index (χ4n) is 3.85. The number of amides is 1. The molecule has 3 aliphatic heterocycles. The maximum Gasteiger partial charge on any atom is 0.276 e. The zero-order valence-corrected chi connectivity index (χ0v) is 19.5. The molecule has 0 unspecified atom stereocenters. The van der Waals surface area contributed by atoms with E-state index in [4.69, 9.17) is 15.6 Å². The highest BCUT2D eigenvalue weighted by molar-refractivity contribution is 7.99. The molecule has 7 nitrogen and oxygen atoms in total. The number of fused-ring (bicyclic) bond motifs is 1. The predicted octanol–water partition coefficient (Wildman–Crippen LogP) is 2.38. The standard InChI is InChI=1S/C16H16FN3OS.C6H11NO.CH4O/c17-10-1-3-11(4-2-10)21-12-8-20(9-12)15-7-13(18)16-14(19-15)5-6-22-16;1-6(8)7-4-2-3-5-7;1-2/h1-4,7,12H,5-6,8-9H2,(H2,18,19);2-5H2,1H3;2H,1H3/p+1. The molecule has 174 valence electrons. The van der Waals surface area contributed by atoms with E-state index in [1.807, 2.05) is 22.7 Å². The highest BCUT2D eigenvalue weighted by Gasteiger charge is 2.37. The van der Waals surface area contributed by atoms with Gasteiger partial charge in [0.2, 0.25) is 5.91 Å². The van der Waals surface area contributed by atoms with Crippen molar-refractivity contribution in [2.24, 2.45) is 0 Å². The molecular formula is C23H32FN4O3S+. The number of anilines is 2. The summed E-state index contributed by atoms with van der Waals surface area (Å²) in [6.45, 7) is 5.20. The Morgan fingerprint density at radius 3 is 2.47 bits per heavy atom. The first-order chi connectivity index (χ1) is 15.5.